The number of anilines is 1. The van der Waals surface area contributed by atoms with E-state index in [1.165, 1.54) is 0 Å². The minimum atomic E-state index is 0.151. The molecule has 0 radical (unpaired) electrons. The van der Waals surface area contributed by atoms with Crippen LogP contribution in [0.1, 0.15) is 30.8 Å². The van der Waals surface area contributed by atoms with Crippen LogP contribution in [0.2, 0.25) is 5.15 Å². The lowest BCUT2D eigenvalue weighted by Crippen LogP contribution is -2.29. The van der Waals surface area contributed by atoms with Crippen molar-refractivity contribution in [2.75, 3.05) is 11.9 Å². The summed E-state index contributed by atoms with van der Waals surface area (Å²) in [4.78, 5) is 20.5. The van der Waals surface area contributed by atoms with Gasteiger partial charge in [-0.2, -0.15) is 0 Å². The van der Waals surface area contributed by atoms with Crippen LogP contribution < -0.4 is 4.90 Å². The van der Waals surface area contributed by atoms with Crippen molar-refractivity contribution in [2.45, 2.75) is 26.3 Å². The number of carbonyl (C=O) groups excluding carboxylic acids is 1. The van der Waals surface area contributed by atoms with Crippen molar-refractivity contribution in [3.8, 4) is 0 Å². The zero-order valence-electron chi connectivity index (χ0n) is 9.07. The number of hydrogen-bond acceptors (Lipinski definition) is 4. The fourth-order valence-electron chi connectivity index (χ4n) is 1.12. The molecule has 0 saturated heterocycles. The van der Waals surface area contributed by atoms with E-state index in [1.54, 1.807) is 6.20 Å². The number of halogens is 1. The van der Waals surface area contributed by atoms with Gasteiger partial charge in [0.1, 0.15) is 11.5 Å². The summed E-state index contributed by atoms with van der Waals surface area (Å²) in [6, 6.07) is 0.359. The zero-order valence-corrected chi connectivity index (χ0v) is 9.82. The Labute approximate surface area is 94.3 Å². The lowest BCUT2D eigenvalue weighted by Gasteiger charge is -2.24. The Morgan fingerprint density at radius 2 is 2.33 bits per heavy atom. The highest BCUT2D eigenvalue weighted by atomic mass is 35.5. The third-order valence-corrected chi connectivity index (χ3v) is 2.75. The highest BCUT2D eigenvalue weighted by Crippen LogP contribution is 2.17. The van der Waals surface area contributed by atoms with E-state index in [4.69, 9.17) is 11.6 Å². The van der Waals surface area contributed by atoms with Crippen LogP contribution in [0.15, 0.2) is 6.20 Å². The molecule has 0 aliphatic rings. The fourth-order valence-corrected chi connectivity index (χ4v) is 1.30. The van der Waals surface area contributed by atoms with Crippen molar-refractivity contribution >= 4 is 23.7 Å². The third kappa shape index (κ3) is 2.65. The summed E-state index contributed by atoms with van der Waals surface area (Å²) >= 11 is 5.79. The van der Waals surface area contributed by atoms with E-state index >= 15 is 0 Å². The molecule has 0 bridgehead atoms. The summed E-state index contributed by atoms with van der Waals surface area (Å²) in [5.41, 5.74) is 0.179. The highest BCUT2D eigenvalue weighted by Gasteiger charge is 2.11. The lowest BCUT2D eigenvalue weighted by atomic mass is 10.2. The molecule has 0 fully saturated rings. The molecular formula is C10H14ClN3O. The molecule has 0 aromatic carbocycles. The minimum Gasteiger partial charge on any atom is -0.356 e. The van der Waals surface area contributed by atoms with Gasteiger partial charge in [0.25, 0.3) is 0 Å². The van der Waals surface area contributed by atoms with Crippen LogP contribution in [0, 0.1) is 0 Å². The predicted molar refractivity (Wildman–Crippen MR) is 60.6 cm³/mol. The van der Waals surface area contributed by atoms with Crippen molar-refractivity contribution in [1.29, 1.82) is 0 Å². The second-order valence-electron chi connectivity index (χ2n) is 3.39. The number of hydrogen-bond donors (Lipinski definition) is 0. The molecule has 4 nitrogen and oxygen atoms in total. The van der Waals surface area contributed by atoms with Gasteiger partial charge in [-0.25, -0.2) is 9.97 Å². The molecule has 15 heavy (non-hydrogen) atoms. The first-order valence-electron chi connectivity index (χ1n) is 4.80. The third-order valence-electron chi connectivity index (χ3n) is 2.47. The smallest absolute Gasteiger partial charge is 0.171 e. The van der Waals surface area contributed by atoms with Gasteiger partial charge in [0.2, 0.25) is 0 Å². The van der Waals surface area contributed by atoms with E-state index in [0.29, 0.717) is 18.1 Å². The Balaban J connectivity index is 2.96. The Morgan fingerprint density at radius 1 is 1.67 bits per heavy atom. The average Bonchev–Trinajstić information content (AvgIpc) is 2.26. The number of rotatable bonds is 4. The predicted octanol–water partition coefficient (Wildman–Crippen LogP) is 2.18. The molecule has 0 saturated carbocycles. The Hall–Kier alpha value is -1.16. The molecule has 1 atom stereocenters. The minimum absolute atomic E-state index is 0.151. The van der Waals surface area contributed by atoms with E-state index < -0.39 is 0 Å². The quantitative estimate of drug-likeness (QED) is 0.740. The van der Waals surface area contributed by atoms with Gasteiger partial charge in [-0.1, -0.05) is 18.5 Å². The van der Waals surface area contributed by atoms with Crippen molar-refractivity contribution in [2.24, 2.45) is 0 Å². The van der Waals surface area contributed by atoms with Crippen molar-refractivity contribution in [3.63, 3.8) is 0 Å². The molecule has 5 heteroatoms. The summed E-state index contributed by atoms with van der Waals surface area (Å²) in [7, 11) is 1.93. The maximum absolute atomic E-state index is 10.5. The Kier molecular flexibility index (Phi) is 4.03. The standard InChI is InChI=1S/C10H14ClN3O/c1-4-7(2)14(3)9-5-12-8(6-15)10(11)13-9/h5-7H,4H2,1-3H3. The number of nitrogens with zero attached hydrogens (tertiary/aromatic N) is 3. The summed E-state index contributed by atoms with van der Waals surface area (Å²) in [5.74, 6) is 0.681. The second kappa shape index (κ2) is 5.07. The summed E-state index contributed by atoms with van der Waals surface area (Å²) in [6.07, 6.45) is 3.16. The first-order chi connectivity index (χ1) is 7.10. The summed E-state index contributed by atoms with van der Waals surface area (Å²) < 4.78 is 0. The first kappa shape index (κ1) is 11.9. The van der Waals surface area contributed by atoms with Crippen molar-refractivity contribution < 1.29 is 4.79 Å². The maximum atomic E-state index is 10.5. The monoisotopic (exact) mass is 227 g/mol. The lowest BCUT2D eigenvalue weighted by molar-refractivity contribution is 0.111. The van der Waals surface area contributed by atoms with Gasteiger partial charge in [-0.3, -0.25) is 4.79 Å². The van der Waals surface area contributed by atoms with Gasteiger partial charge in [-0.05, 0) is 13.3 Å². The van der Waals surface area contributed by atoms with E-state index in [-0.39, 0.29) is 10.8 Å². The number of carbonyl (C=O) groups is 1. The number of aldehydes is 1. The van der Waals surface area contributed by atoms with Crippen LogP contribution in [0.4, 0.5) is 5.82 Å². The van der Waals surface area contributed by atoms with E-state index in [0.717, 1.165) is 6.42 Å². The molecule has 1 unspecified atom stereocenters. The van der Waals surface area contributed by atoms with Crippen molar-refractivity contribution in [1.82, 2.24) is 9.97 Å². The van der Waals surface area contributed by atoms with Gasteiger partial charge in [0.05, 0.1) is 6.20 Å². The van der Waals surface area contributed by atoms with Crippen LogP contribution in [0.5, 0.6) is 0 Å². The molecule has 1 rings (SSSR count). The van der Waals surface area contributed by atoms with Gasteiger partial charge < -0.3 is 4.90 Å². The molecular weight excluding hydrogens is 214 g/mol. The highest BCUT2D eigenvalue weighted by molar-refractivity contribution is 6.31. The molecule has 1 aromatic rings. The van der Waals surface area contributed by atoms with Gasteiger partial charge in [0, 0.05) is 13.1 Å². The SMILES string of the molecule is CCC(C)N(C)c1cnc(C=O)c(Cl)n1. The van der Waals surface area contributed by atoms with Crippen LogP contribution in [-0.4, -0.2) is 29.3 Å². The molecule has 0 aliphatic carbocycles. The molecule has 1 aromatic heterocycles. The molecule has 0 aliphatic heterocycles. The van der Waals surface area contributed by atoms with Crippen LogP contribution in [-0.2, 0) is 0 Å². The molecule has 0 N–H and O–H groups in total. The van der Waals surface area contributed by atoms with Crippen LogP contribution in [0.25, 0.3) is 0 Å². The van der Waals surface area contributed by atoms with Gasteiger partial charge in [0.15, 0.2) is 11.4 Å². The Morgan fingerprint density at radius 3 is 2.80 bits per heavy atom. The summed E-state index contributed by atoms with van der Waals surface area (Å²) in [6.45, 7) is 4.18. The average molecular weight is 228 g/mol. The fraction of sp³-hybridized carbons (Fsp3) is 0.500. The molecule has 0 amide bonds. The summed E-state index contributed by atoms with van der Waals surface area (Å²) in [5, 5.41) is 0.151. The maximum Gasteiger partial charge on any atom is 0.171 e. The number of aromatic nitrogens is 2. The van der Waals surface area contributed by atoms with Gasteiger partial charge in [-0.15, -0.1) is 0 Å². The van der Waals surface area contributed by atoms with Crippen LogP contribution >= 0.6 is 11.6 Å². The van der Waals surface area contributed by atoms with Gasteiger partial charge >= 0.3 is 0 Å². The molecule has 82 valence electrons. The molecule has 1 heterocycles. The normalized spacial score (nSPS) is 12.3. The Bertz CT molecular complexity index is 357. The molecule has 0 spiro atoms. The largest absolute Gasteiger partial charge is 0.356 e. The topological polar surface area (TPSA) is 46.1 Å². The first-order valence-corrected chi connectivity index (χ1v) is 5.18. The van der Waals surface area contributed by atoms with Crippen molar-refractivity contribution in [3.05, 3.63) is 17.0 Å². The van der Waals surface area contributed by atoms with E-state index in [2.05, 4.69) is 23.8 Å². The van der Waals surface area contributed by atoms with E-state index in [1.807, 2.05) is 11.9 Å². The second-order valence-corrected chi connectivity index (χ2v) is 3.75. The van der Waals surface area contributed by atoms with E-state index in [9.17, 15) is 4.79 Å². The zero-order chi connectivity index (χ0) is 11.4. The van der Waals surface area contributed by atoms with Crippen LogP contribution in [0.3, 0.4) is 0 Å².